The van der Waals surface area contributed by atoms with Gasteiger partial charge in [-0.05, 0) is 12.1 Å². The van der Waals surface area contributed by atoms with Crippen LogP contribution in [0.1, 0.15) is 1.43 Å². The molecule has 0 amide bonds. The Hall–Kier alpha value is 0.260. The molecule has 12 heavy (non-hydrogen) atoms. The summed E-state index contributed by atoms with van der Waals surface area (Å²) in [6.07, 6.45) is 0. The van der Waals surface area contributed by atoms with Crippen LogP contribution in [0.3, 0.4) is 0 Å². The maximum Gasteiger partial charge on any atom is 1.00 e. The minimum absolute atomic E-state index is 0. The van der Waals surface area contributed by atoms with Crippen LogP contribution in [0, 0.1) is 0 Å². The van der Waals surface area contributed by atoms with E-state index in [0.717, 1.165) is 0 Å². The number of halogens is 1. The molecule has 0 aliphatic carbocycles. The Morgan fingerprint density at radius 2 is 1.75 bits per heavy atom. The van der Waals surface area contributed by atoms with Crippen molar-refractivity contribution in [1.29, 1.82) is 0 Å². The topological polar surface area (TPSA) is 43.4 Å². The summed E-state index contributed by atoms with van der Waals surface area (Å²) < 4.78 is 25.0. The largest absolute Gasteiger partial charge is 1.00 e. The molecule has 0 bridgehead atoms. The maximum absolute atomic E-state index is 10.3. The van der Waals surface area contributed by atoms with E-state index in [2.05, 4.69) is 4.18 Å². The normalized spacial score (nSPS) is 10.1. The van der Waals surface area contributed by atoms with Gasteiger partial charge in [-0.2, -0.15) is 8.42 Å². The van der Waals surface area contributed by atoms with Gasteiger partial charge in [0, 0.05) is 0 Å². The molecule has 0 saturated heterocycles. The van der Waals surface area contributed by atoms with Gasteiger partial charge < -0.3 is 5.61 Å². The van der Waals surface area contributed by atoms with Crippen molar-refractivity contribution in [3.63, 3.8) is 0 Å². The standard InChI is InChI=1S/C6H5ClO3S.Na.H/c7-11(8,9)10-6-4-2-1-3-5-6;;/h1-5H;;/q;+1;-1. The van der Waals surface area contributed by atoms with Crippen molar-refractivity contribution in [2.75, 3.05) is 0 Å². The fourth-order valence-electron chi connectivity index (χ4n) is 0.591. The SMILES string of the molecule is O=S(=O)(Cl)Oc1ccccc1.[H-].[Na+]. The molecule has 0 atom stereocenters. The zero-order valence-electron chi connectivity index (χ0n) is 7.40. The molecule has 1 aromatic rings. The first kappa shape index (κ1) is 12.3. The third-order valence-corrected chi connectivity index (χ3v) is 1.52. The van der Waals surface area contributed by atoms with Gasteiger partial charge in [0.2, 0.25) is 0 Å². The Bertz CT molecular complexity index is 329. The molecule has 0 fully saturated rings. The Kier molecular flexibility index (Phi) is 5.20. The Labute approximate surface area is 99.1 Å². The van der Waals surface area contributed by atoms with Crippen molar-refractivity contribution in [3.8, 4) is 5.75 Å². The van der Waals surface area contributed by atoms with Crippen LogP contribution in [-0.4, -0.2) is 8.42 Å². The monoisotopic (exact) mass is 216 g/mol. The average Bonchev–Trinajstić information content (AvgIpc) is 1.85. The summed E-state index contributed by atoms with van der Waals surface area (Å²) in [6, 6.07) is 8.04. The number of rotatable bonds is 2. The fraction of sp³-hybridized carbons (Fsp3) is 0. The first-order valence-corrected chi connectivity index (χ1v) is 5.00. The summed E-state index contributed by atoms with van der Waals surface area (Å²) in [5.74, 6) is 0.211. The van der Waals surface area contributed by atoms with Gasteiger partial charge in [0.05, 0.1) is 10.7 Å². The van der Waals surface area contributed by atoms with Crippen molar-refractivity contribution in [2.24, 2.45) is 0 Å². The van der Waals surface area contributed by atoms with Crippen molar-refractivity contribution >= 4 is 20.0 Å². The molecular formula is C6H6ClNaO3S. The molecule has 0 unspecified atom stereocenters. The molecule has 1 aromatic carbocycles. The van der Waals surface area contributed by atoms with Crippen LogP contribution >= 0.6 is 10.7 Å². The Morgan fingerprint density at radius 3 is 2.17 bits per heavy atom. The van der Waals surface area contributed by atoms with E-state index in [1.807, 2.05) is 0 Å². The van der Waals surface area contributed by atoms with Gasteiger partial charge in [0.25, 0.3) is 0 Å². The van der Waals surface area contributed by atoms with Crippen molar-refractivity contribution in [3.05, 3.63) is 30.3 Å². The summed E-state index contributed by atoms with van der Waals surface area (Å²) >= 11 is 0. The van der Waals surface area contributed by atoms with Crippen LogP contribution in [0.15, 0.2) is 30.3 Å². The second kappa shape index (κ2) is 5.09. The van der Waals surface area contributed by atoms with E-state index < -0.39 is 9.33 Å². The zero-order chi connectivity index (χ0) is 8.32. The quantitative estimate of drug-likeness (QED) is 0.454. The molecular weight excluding hydrogens is 211 g/mol. The predicted octanol–water partition coefficient (Wildman–Crippen LogP) is -1.33. The van der Waals surface area contributed by atoms with Gasteiger partial charge in [0.1, 0.15) is 5.75 Å². The van der Waals surface area contributed by atoms with E-state index in [1.165, 1.54) is 12.1 Å². The molecule has 0 heterocycles. The van der Waals surface area contributed by atoms with Crippen LogP contribution in [-0.2, 0) is 9.33 Å². The number of hydrogen-bond acceptors (Lipinski definition) is 3. The number of hydrogen-bond donors (Lipinski definition) is 0. The number of para-hydroxylation sites is 1. The van der Waals surface area contributed by atoms with Gasteiger partial charge in [-0.15, -0.1) is 0 Å². The summed E-state index contributed by atoms with van der Waals surface area (Å²) in [4.78, 5) is 0. The van der Waals surface area contributed by atoms with Crippen LogP contribution in [0.25, 0.3) is 0 Å². The molecule has 0 spiro atoms. The van der Waals surface area contributed by atoms with Gasteiger partial charge >= 0.3 is 38.9 Å². The minimum Gasteiger partial charge on any atom is -1.00 e. The first-order valence-electron chi connectivity index (χ1n) is 2.77. The molecule has 0 aromatic heterocycles. The van der Waals surface area contributed by atoms with E-state index in [1.54, 1.807) is 18.2 Å². The first-order chi connectivity index (χ1) is 5.08. The summed E-state index contributed by atoms with van der Waals surface area (Å²) in [5, 5.41) is 0. The maximum atomic E-state index is 10.3. The van der Waals surface area contributed by atoms with E-state index in [0.29, 0.717) is 0 Å². The molecule has 0 saturated carbocycles. The average molecular weight is 217 g/mol. The molecule has 0 aliphatic heterocycles. The summed E-state index contributed by atoms with van der Waals surface area (Å²) in [7, 11) is 0.913. The smallest absolute Gasteiger partial charge is 1.00 e. The van der Waals surface area contributed by atoms with Crippen LogP contribution in [0.5, 0.6) is 5.75 Å². The molecule has 0 radical (unpaired) electrons. The van der Waals surface area contributed by atoms with Crippen LogP contribution in [0.2, 0.25) is 0 Å². The molecule has 6 heteroatoms. The summed E-state index contributed by atoms with van der Waals surface area (Å²) in [6.45, 7) is 0. The third-order valence-electron chi connectivity index (χ3n) is 0.939. The van der Waals surface area contributed by atoms with E-state index in [9.17, 15) is 8.42 Å². The van der Waals surface area contributed by atoms with E-state index in [4.69, 9.17) is 10.7 Å². The van der Waals surface area contributed by atoms with E-state index >= 15 is 0 Å². The Morgan fingerprint density at radius 1 is 1.25 bits per heavy atom. The zero-order valence-corrected chi connectivity index (χ0v) is 9.97. The molecule has 3 nitrogen and oxygen atoms in total. The fourth-order valence-corrected chi connectivity index (χ4v) is 1.15. The van der Waals surface area contributed by atoms with E-state index in [-0.39, 0.29) is 36.7 Å². The van der Waals surface area contributed by atoms with Crippen molar-refractivity contribution in [2.45, 2.75) is 0 Å². The van der Waals surface area contributed by atoms with Gasteiger partial charge in [0.15, 0.2) is 0 Å². The minimum atomic E-state index is -3.90. The summed E-state index contributed by atoms with van der Waals surface area (Å²) in [5.41, 5.74) is 0. The van der Waals surface area contributed by atoms with Crippen LogP contribution < -0.4 is 33.7 Å². The second-order valence-corrected chi connectivity index (χ2v) is 3.88. The van der Waals surface area contributed by atoms with Crippen molar-refractivity contribution < 1.29 is 43.6 Å². The van der Waals surface area contributed by atoms with Gasteiger partial charge in [-0.25, -0.2) is 0 Å². The molecule has 0 N–H and O–H groups in total. The number of benzene rings is 1. The van der Waals surface area contributed by atoms with Crippen LogP contribution in [0.4, 0.5) is 0 Å². The van der Waals surface area contributed by atoms with Gasteiger partial charge in [-0.1, -0.05) is 18.2 Å². The van der Waals surface area contributed by atoms with Gasteiger partial charge in [-0.3, -0.25) is 0 Å². The van der Waals surface area contributed by atoms with Crippen molar-refractivity contribution in [1.82, 2.24) is 0 Å². The molecule has 62 valence electrons. The molecule has 1 rings (SSSR count). The Balaban J connectivity index is 0. The second-order valence-electron chi connectivity index (χ2n) is 1.79. The predicted molar refractivity (Wildman–Crippen MR) is 43.0 cm³/mol. The third kappa shape index (κ3) is 5.00. The molecule has 0 aliphatic rings.